The summed E-state index contributed by atoms with van der Waals surface area (Å²) >= 11 is 5.63. The van der Waals surface area contributed by atoms with Crippen molar-refractivity contribution in [2.75, 3.05) is 25.6 Å². The van der Waals surface area contributed by atoms with Gasteiger partial charge in [-0.05, 0) is 11.6 Å². The van der Waals surface area contributed by atoms with E-state index in [2.05, 4.69) is 15.3 Å². The highest BCUT2D eigenvalue weighted by Gasteiger charge is 2.12. The number of hydrogen-bond donors (Lipinski definition) is 3. The Balaban J connectivity index is 3.12. The molecular weight excluding hydrogens is 220 g/mol. The summed E-state index contributed by atoms with van der Waals surface area (Å²) in [4.78, 5) is 7.68. The summed E-state index contributed by atoms with van der Waals surface area (Å²) in [5.41, 5.74) is 0.770. The second-order valence-electron chi connectivity index (χ2n) is 2.56. The summed E-state index contributed by atoms with van der Waals surface area (Å²) in [5, 5.41) is 18.7. The summed E-state index contributed by atoms with van der Waals surface area (Å²) in [6.07, 6.45) is 1.04. The number of aliphatic hydroxyl groups is 1. The molecule has 0 amide bonds. The minimum atomic E-state index is -0.0385. The van der Waals surface area contributed by atoms with Gasteiger partial charge in [-0.15, -0.1) is 0 Å². The molecule has 7 heteroatoms. The van der Waals surface area contributed by atoms with Gasteiger partial charge in [0.15, 0.2) is 0 Å². The smallest absolute Gasteiger partial charge is 0.242 e. The van der Waals surface area contributed by atoms with Gasteiger partial charge in [-0.25, -0.2) is 4.98 Å². The number of nitrogens with one attached hydrogen (secondary N) is 2. The largest absolute Gasteiger partial charge is 0.479 e. The monoisotopic (exact) mass is 230 g/mol. The van der Waals surface area contributed by atoms with Gasteiger partial charge in [0.25, 0.3) is 0 Å². The molecule has 0 aliphatic carbocycles. The van der Waals surface area contributed by atoms with Crippen LogP contribution in [0.1, 0.15) is 5.69 Å². The number of anilines is 1. The average molecular weight is 231 g/mol. The molecule has 0 aliphatic heterocycles. The maximum Gasteiger partial charge on any atom is 0.242 e. The van der Waals surface area contributed by atoms with E-state index in [-0.39, 0.29) is 17.8 Å². The molecule has 0 fully saturated rings. The van der Waals surface area contributed by atoms with E-state index in [0.29, 0.717) is 17.9 Å². The number of rotatable bonds is 5. The second kappa shape index (κ2) is 5.47. The van der Waals surface area contributed by atoms with Gasteiger partial charge in [0.2, 0.25) is 11.2 Å². The highest BCUT2D eigenvalue weighted by Crippen LogP contribution is 2.25. The molecule has 0 aliphatic rings. The van der Waals surface area contributed by atoms with Crippen molar-refractivity contribution in [3.63, 3.8) is 0 Å². The van der Waals surface area contributed by atoms with E-state index in [1.165, 1.54) is 7.11 Å². The van der Waals surface area contributed by atoms with Crippen LogP contribution in [-0.2, 0) is 0 Å². The molecule has 15 heavy (non-hydrogen) atoms. The Morgan fingerprint density at radius 2 is 2.33 bits per heavy atom. The average Bonchev–Trinajstić information content (AvgIpc) is 2.26. The maximum absolute atomic E-state index is 8.68. The highest BCUT2D eigenvalue weighted by atomic mass is 35.5. The second-order valence-corrected chi connectivity index (χ2v) is 2.89. The van der Waals surface area contributed by atoms with E-state index in [1.54, 1.807) is 0 Å². The molecule has 1 aromatic heterocycles. The first-order valence-electron chi connectivity index (χ1n) is 4.19. The normalized spacial score (nSPS) is 9.80. The van der Waals surface area contributed by atoms with Gasteiger partial charge in [0.1, 0.15) is 11.4 Å². The summed E-state index contributed by atoms with van der Waals surface area (Å²) in [5.74, 6) is 0.252. The Labute approximate surface area is 91.8 Å². The van der Waals surface area contributed by atoms with Crippen molar-refractivity contribution < 1.29 is 9.84 Å². The number of aliphatic hydroxyl groups excluding tert-OH is 1. The van der Waals surface area contributed by atoms with Gasteiger partial charge in [0, 0.05) is 12.8 Å². The molecule has 0 aromatic carbocycles. The zero-order chi connectivity index (χ0) is 11.3. The van der Waals surface area contributed by atoms with Gasteiger partial charge in [-0.2, -0.15) is 4.98 Å². The first-order valence-corrected chi connectivity index (χ1v) is 4.57. The molecular formula is C8H11ClN4O2. The summed E-state index contributed by atoms with van der Waals surface area (Å²) in [7, 11) is 1.44. The van der Waals surface area contributed by atoms with Crippen LogP contribution in [0.15, 0.2) is 0 Å². The van der Waals surface area contributed by atoms with Crippen molar-refractivity contribution in [3.8, 4) is 5.88 Å². The SMILES string of the molecule is COc1nc(Cl)nc(C=N)c1NCCO. The molecule has 82 valence electrons. The standard InChI is InChI=1S/C8H11ClN4O2/c1-15-7-6(11-2-3-14)5(4-10)12-8(9)13-7/h4,10-11,14H,2-3H2,1H3. The number of methoxy groups -OCH3 is 1. The lowest BCUT2D eigenvalue weighted by Gasteiger charge is -2.11. The van der Waals surface area contributed by atoms with Crippen molar-refractivity contribution in [1.29, 1.82) is 5.41 Å². The fourth-order valence-corrected chi connectivity index (χ4v) is 1.20. The number of nitrogens with zero attached hydrogens (tertiary/aromatic N) is 2. The van der Waals surface area contributed by atoms with Crippen LogP contribution in [0.3, 0.4) is 0 Å². The highest BCUT2D eigenvalue weighted by molar-refractivity contribution is 6.28. The Kier molecular flexibility index (Phi) is 4.26. The van der Waals surface area contributed by atoms with E-state index < -0.39 is 0 Å². The number of hydrogen-bond acceptors (Lipinski definition) is 6. The van der Waals surface area contributed by atoms with Crippen LogP contribution >= 0.6 is 11.6 Å². The van der Waals surface area contributed by atoms with E-state index in [4.69, 9.17) is 26.9 Å². The van der Waals surface area contributed by atoms with Crippen LogP contribution in [0, 0.1) is 5.41 Å². The predicted octanol–water partition coefficient (Wildman–Crippen LogP) is 0.540. The lowest BCUT2D eigenvalue weighted by atomic mass is 10.3. The van der Waals surface area contributed by atoms with E-state index >= 15 is 0 Å². The van der Waals surface area contributed by atoms with Crippen LogP contribution in [0.4, 0.5) is 5.69 Å². The Morgan fingerprint density at radius 3 is 2.87 bits per heavy atom. The van der Waals surface area contributed by atoms with Crippen LogP contribution in [0.5, 0.6) is 5.88 Å². The molecule has 0 bridgehead atoms. The minimum absolute atomic E-state index is 0.0138. The number of aromatic nitrogens is 2. The molecule has 3 N–H and O–H groups in total. The molecule has 0 saturated carbocycles. The third-order valence-electron chi connectivity index (χ3n) is 1.62. The first kappa shape index (κ1) is 11.7. The third-order valence-corrected chi connectivity index (χ3v) is 1.79. The number of halogens is 1. The minimum Gasteiger partial charge on any atom is -0.479 e. The predicted molar refractivity (Wildman–Crippen MR) is 57.1 cm³/mol. The number of ether oxygens (including phenoxy) is 1. The van der Waals surface area contributed by atoms with Crippen molar-refractivity contribution in [2.45, 2.75) is 0 Å². The molecule has 0 radical (unpaired) electrons. The van der Waals surface area contributed by atoms with Crippen molar-refractivity contribution >= 4 is 23.5 Å². The summed E-state index contributed by atoms with van der Waals surface area (Å²) in [6, 6.07) is 0. The molecule has 0 saturated heterocycles. The molecule has 0 spiro atoms. The zero-order valence-electron chi connectivity index (χ0n) is 8.12. The van der Waals surface area contributed by atoms with Crippen molar-refractivity contribution in [3.05, 3.63) is 11.0 Å². The molecule has 1 aromatic rings. The fraction of sp³-hybridized carbons (Fsp3) is 0.375. The van der Waals surface area contributed by atoms with Crippen LogP contribution in [0.2, 0.25) is 5.28 Å². The van der Waals surface area contributed by atoms with Gasteiger partial charge in [-0.3, -0.25) is 0 Å². The van der Waals surface area contributed by atoms with Crippen LogP contribution < -0.4 is 10.1 Å². The first-order chi connectivity index (χ1) is 7.22. The Bertz CT molecular complexity index is 359. The third kappa shape index (κ3) is 2.77. The maximum atomic E-state index is 8.68. The Hall–Kier alpha value is -1.40. The van der Waals surface area contributed by atoms with Crippen molar-refractivity contribution in [2.24, 2.45) is 0 Å². The quantitative estimate of drug-likeness (QED) is 0.507. The molecule has 1 rings (SSSR count). The molecule has 1 heterocycles. The topological polar surface area (TPSA) is 91.1 Å². The van der Waals surface area contributed by atoms with E-state index in [1.807, 2.05) is 0 Å². The van der Waals surface area contributed by atoms with Crippen LogP contribution in [0.25, 0.3) is 0 Å². The van der Waals surface area contributed by atoms with Crippen molar-refractivity contribution in [1.82, 2.24) is 9.97 Å². The van der Waals surface area contributed by atoms with E-state index in [9.17, 15) is 0 Å². The Morgan fingerprint density at radius 1 is 1.60 bits per heavy atom. The lowest BCUT2D eigenvalue weighted by molar-refractivity contribution is 0.310. The lowest BCUT2D eigenvalue weighted by Crippen LogP contribution is -2.11. The zero-order valence-corrected chi connectivity index (χ0v) is 8.88. The molecule has 6 nitrogen and oxygen atoms in total. The van der Waals surface area contributed by atoms with Gasteiger partial charge in [-0.1, -0.05) is 0 Å². The molecule has 0 unspecified atom stereocenters. The van der Waals surface area contributed by atoms with Crippen LogP contribution in [-0.4, -0.2) is 41.6 Å². The van der Waals surface area contributed by atoms with E-state index in [0.717, 1.165) is 6.21 Å². The summed E-state index contributed by atoms with van der Waals surface area (Å²) < 4.78 is 4.98. The van der Waals surface area contributed by atoms with Gasteiger partial charge >= 0.3 is 0 Å². The fourth-order valence-electron chi connectivity index (χ4n) is 1.03. The molecule has 0 atom stereocenters. The summed E-state index contributed by atoms with van der Waals surface area (Å²) in [6.45, 7) is 0.283. The van der Waals surface area contributed by atoms with Gasteiger partial charge in [0.05, 0.1) is 13.7 Å². The van der Waals surface area contributed by atoms with Gasteiger partial charge < -0.3 is 20.6 Å².